The van der Waals surface area contributed by atoms with Gasteiger partial charge >= 0.3 is 0 Å². The van der Waals surface area contributed by atoms with E-state index in [0.29, 0.717) is 25.7 Å². The van der Waals surface area contributed by atoms with Crippen LogP contribution in [0.1, 0.15) is 149 Å². The van der Waals surface area contributed by atoms with E-state index in [9.17, 15) is 20.1 Å². The van der Waals surface area contributed by atoms with Gasteiger partial charge in [0.15, 0.2) is 0 Å². The van der Waals surface area contributed by atoms with Crippen molar-refractivity contribution in [3.8, 4) is 0 Å². The molecule has 4 N–H and O–H groups in total. The number of carbonyl (C=O) groups excluding carboxylic acids is 1. The Kier molecular flexibility index (Phi) is 33.0. The summed E-state index contributed by atoms with van der Waals surface area (Å²) in [6, 6.07) is -0.590. The van der Waals surface area contributed by atoms with Gasteiger partial charge < -0.3 is 20.6 Å². The van der Waals surface area contributed by atoms with Gasteiger partial charge in [-0.25, -0.2) is 0 Å². The molecule has 3 atom stereocenters. The minimum atomic E-state index is -0.703. The van der Waals surface area contributed by atoms with Gasteiger partial charge in [0, 0.05) is 6.42 Å². The molecule has 0 heterocycles. The number of aliphatic hydroxyl groups excluding tert-OH is 3. The predicted octanol–water partition coefficient (Wildman–Crippen LogP) is 9.75. The second-order valence-electron chi connectivity index (χ2n) is 12.1. The lowest BCUT2D eigenvalue weighted by Gasteiger charge is -2.22. The van der Waals surface area contributed by atoms with E-state index < -0.39 is 18.2 Å². The van der Waals surface area contributed by atoms with Crippen molar-refractivity contribution in [1.29, 1.82) is 0 Å². The standard InChI is InChI=1S/C40H69NO4/c1-3-5-7-8-9-10-11-13-17-20-23-26-30-34-39(44)38(36-42)41-40(45)35-31-27-24-21-18-15-12-14-16-19-22-25-29-33-37(43)32-28-6-4-2/h6,14-16,18,22,24-25,27-29,33,37-39,42-44H,3-5,7-13,17,19-21,23,26,30-32,34-36H2,1-2H3,(H,41,45)/b16-14-,18-15-,25-22+,27-24-,28-6-,33-29+/t37?,38-,39+/m0/s1. The molecule has 0 rings (SSSR count). The number of aliphatic hydroxyl groups is 3. The lowest BCUT2D eigenvalue weighted by molar-refractivity contribution is -0.123. The van der Waals surface area contributed by atoms with Gasteiger partial charge in [0.05, 0.1) is 24.9 Å². The van der Waals surface area contributed by atoms with E-state index in [-0.39, 0.29) is 12.5 Å². The van der Waals surface area contributed by atoms with Crippen LogP contribution in [0.2, 0.25) is 0 Å². The monoisotopic (exact) mass is 628 g/mol. The second kappa shape index (κ2) is 34.7. The molecular formula is C40H69NO4. The van der Waals surface area contributed by atoms with Gasteiger partial charge in [-0.15, -0.1) is 0 Å². The lowest BCUT2D eigenvalue weighted by Crippen LogP contribution is -2.45. The third-order valence-corrected chi connectivity index (χ3v) is 7.83. The van der Waals surface area contributed by atoms with Crippen LogP contribution in [0.3, 0.4) is 0 Å². The van der Waals surface area contributed by atoms with Gasteiger partial charge in [-0.3, -0.25) is 4.79 Å². The fraction of sp³-hybridized carbons (Fsp3) is 0.675. The van der Waals surface area contributed by atoms with Gasteiger partial charge in [0.2, 0.25) is 5.91 Å². The molecule has 1 amide bonds. The minimum absolute atomic E-state index is 0.131. The molecule has 0 spiro atoms. The van der Waals surface area contributed by atoms with Gasteiger partial charge in [-0.1, -0.05) is 170 Å². The van der Waals surface area contributed by atoms with Crippen LogP contribution in [0, 0.1) is 0 Å². The quantitative estimate of drug-likeness (QED) is 0.0350. The van der Waals surface area contributed by atoms with Crippen molar-refractivity contribution in [1.82, 2.24) is 5.32 Å². The average molecular weight is 628 g/mol. The van der Waals surface area contributed by atoms with Crippen LogP contribution in [0.15, 0.2) is 72.9 Å². The first-order valence-corrected chi connectivity index (χ1v) is 18.2. The summed E-state index contributed by atoms with van der Waals surface area (Å²) in [5.41, 5.74) is 0. The second-order valence-corrected chi connectivity index (χ2v) is 12.1. The SMILES string of the molecule is CC/C=C\CC(O)/C=C/C=C/C/C=C\C/C=C\C/C=C\CCC(=O)N[C@@H](CO)[C@H](O)CCCCCCCCCCCCCCC. The largest absolute Gasteiger partial charge is 0.394 e. The molecule has 5 heteroatoms. The third-order valence-electron chi connectivity index (χ3n) is 7.83. The first kappa shape index (κ1) is 42.8. The minimum Gasteiger partial charge on any atom is -0.394 e. The Morgan fingerprint density at radius 1 is 0.644 bits per heavy atom. The fourth-order valence-corrected chi connectivity index (χ4v) is 4.99. The molecule has 0 saturated heterocycles. The summed E-state index contributed by atoms with van der Waals surface area (Å²) in [5.74, 6) is -0.131. The van der Waals surface area contributed by atoms with Crippen molar-refractivity contribution >= 4 is 5.91 Å². The van der Waals surface area contributed by atoms with Gasteiger partial charge in [-0.2, -0.15) is 0 Å². The summed E-state index contributed by atoms with van der Waals surface area (Å²) < 4.78 is 0. The van der Waals surface area contributed by atoms with Crippen molar-refractivity contribution < 1.29 is 20.1 Å². The number of hydrogen-bond acceptors (Lipinski definition) is 4. The van der Waals surface area contributed by atoms with E-state index in [1.807, 2.05) is 24.3 Å². The van der Waals surface area contributed by atoms with Crippen LogP contribution < -0.4 is 5.32 Å². The van der Waals surface area contributed by atoms with E-state index >= 15 is 0 Å². The third kappa shape index (κ3) is 31.6. The molecular weight excluding hydrogens is 558 g/mol. The predicted molar refractivity (Wildman–Crippen MR) is 194 cm³/mol. The van der Waals surface area contributed by atoms with Gasteiger partial charge in [0.25, 0.3) is 0 Å². The van der Waals surface area contributed by atoms with Crippen molar-refractivity contribution in [2.45, 2.75) is 167 Å². The molecule has 258 valence electrons. The molecule has 1 unspecified atom stereocenters. The van der Waals surface area contributed by atoms with Gasteiger partial charge in [0.1, 0.15) is 0 Å². The van der Waals surface area contributed by atoms with Crippen LogP contribution in [0.4, 0.5) is 0 Å². The van der Waals surface area contributed by atoms with E-state index in [0.717, 1.165) is 38.5 Å². The van der Waals surface area contributed by atoms with E-state index in [1.54, 1.807) is 6.08 Å². The number of hydrogen-bond donors (Lipinski definition) is 4. The molecule has 0 aromatic carbocycles. The number of carbonyl (C=O) groups is 1. The Morgan fingerprint density at radius 2 is 1.18 bits per heavy atom. The summed E-state index contributed by atoms with van der Waals surface area (Å²) in [7, 11) is 0. The molecule has 0 radical (unpaired) electrons. The van der Waals surface area contributed by atoms with E-state index in [4.69, 9.17) is 0 Å². The Morgan fingerprint density at radius 3 is 1.73 bits per heavy atom. The molecule has 0 fully saturated rings. The zero-order valence-corrected chi connectivity index (χ0v) is 29.0. The summed E-state index contributed by atoms with van der Waals surface area (Å²) in [4.78, 5) is 12.3. The van der Waals surface area contributed by atoms with Crippen LogP contribution in [-0.4, -0.2) is 46.1 Å². The molecule has 0 aromatic heterocycles. The highest BCUT2D eigenvalue weighted by Crippen LogP contribution is 2.14. The molecule has 0 saturated carbocycles. The van der Waals surface area contributed by atoms with Crippen LogP contribution in [0.25, 0.3) is 0 Å². The van der Waals surface area contributed by atoms with Crippen molar-refractivity contribution in [3.05, 3.63) is 72.9 Å². The molecule has 5 nitrogen and oxygen atoms in total. The first-order valence-electron chi connectivity index (χ1n) is 18.2. The lowest BCUT2D eigenvalue weighted by atomic mass is 10.0. The van der Waals surface area contributed by atoms with Crippen LogP contribution in [-0.2, 0) is 4.79 Å². The Hall–Kier alpha value is -2.21. The maximum absolute atomic E-state index is 12.3. The average Bonchev–Trinajstić information content (AvgIpc) is 3.03. The zero-order chi connectivity index (χ0) is 33.1. The summed E-state index contributed by atoms with van der Waals surface area (Å²) in [6.45, 7) is 4.10. The Labute approximate surface area is 277 Å². The Balaban J connectivity index is 3.82. The van der Waals surface area contributed by atoms with Crippen molar-refractivity contribution in [2.24, 2.45) is 0 Å². The normalized spacial score (nSPS) is 14.7. The van der Waals surface area contributed by atoms with Crippen molar-refractivity contribution in [3.63, 3.8) is 0 Å². The van der Waals surface area contributed by atoms with Crippen molar-refractivity contribution in [2.75, 3.05) is 6.61 Å². The van der Waals surface area contributed by atoms with Gasteiger partial charge in [-0.05, 0) is 44.9 Å². The molecule has 0 aromatic rings. The molecule has 0 bridgehead atoms. The first-order chi connectivity index (χ1) is 22.0. The summed E-state index contributed by atoms with van der Waals surface area (Å²) in [6.07, 6.45) is 45.8. The van der Waals surface area contributed by atoms with E-state index in [2.05, 4.69) is 61.7 Å². The smallest absolute Gasteiger partial charge is 0.220 e. The van der Waals surface area contributed by atoms with Crippen LogP contribution in [0.5, 0.6) is 0 Å². The number of amides is 1. The number of unbranched alkanes of at least 4 members (excludes halogenated alkanes) is 12. The molecule has 0 aliphatic rings. The fourth-order valence-electron chi connectivity index (χ4n) is 4.99. The zero-order valence-electron chi connectivity index (χ0n) is 29.0. The van der Waals surface area contributed by atoms with E-state index in [1.165, 1.54) is 70.6 Å². The highest BCUT2D eigenvalue weighted by molar-refractivity contribution is 5.76. The summed E-state index contributed by atoms with van der Waals surface area (Å²) in [5, 5.41) is 32.7. The number of nitrogens with one attached hydrogen (secondary N) is 1. The topological polar surface area (TPSA) is 89.8 Å². The summed E-state index contributed by atoms with van der Waals surface area (Å²) >= 11 is 0. The molecule has 0 aliphatic heterocycles. The maximum Gasteiger partial charge on any atom is 0.220 e. The number of rotatable bonds is 31. The highest BCUT2D eigenvalue weighted by atomic mass is 16.3. The maximum atomic E-state index is 12.3. The molecule has 45 heavy (non-hydrogen) atoms. The molecule has 0 aliphatic carbocycles. The van der Waals surface area contributed by atoms with Crippen LogP contribution >= 0.6 is 0 Å². The number of allylic oxidation sites excluding steroid dienone is 10. The highest BCUT2D eigenvalue weighted by Gasteiger charge is 2.19. The Bertz CT molecular complexity index is 826.